The summed E-state index contributed by atoms with van der Waals surface area (Å²) in [5, 5.41) is 0.794. The van der Waals surface area contributed by atoms with Crippen molar-refractivity contribution in [3.63, 3.8) is 0 Å². The molecule has 1 saturated heterocycles. The second kappa shape index (κ2) is 7.53. The summed E-state index contributed by atoms with van der Waals surface area (Å²) in [5.74, 6) is 0. The highest BCUT2D eigenvalue weighted by atomic mass is 32.2. The van der Waals surface area contributed by atoms with Gasteiger partial charge in [-0.05, 0) is 32.3 Å². The molecule has 0 saturated carbocycles. The molecule has 2 aromatic rings. The summed E-state index contributed by atoms with van der Waals surface area (Å²) in [6, 6.07) is 10.5. The molecule has 0 amide bonds. The Kier molecular flexibility index (Phi) is 5.58. The summed E-state index contributed by atoms with van der Waals surface area (Å²) in [7, 11) is -1.74. The number of aryl methyl sites for hydroxylation is 2. The molecule has 25 heavy (non-hydrogen) atoms. The zero-order chi connectivity index (χ0) is 18.0. The average molecular weight is 380 g/mol. The number of rotatable bonds is 5. The number of hydrogen-bond donors (Lipinski definition) is 0. The van der Waals surface area contributed by atoms with E-state index < -0.39 is 10.0 Å². The second-order valence-corrected chi connectivity index (χ2v) is 10.0. The van der Waals surface area contributed by atoms with Crippen LogP contribution in [0.3, 0.4) is 0 Å². The van der Waals surface area contributed by atoms with Crippen LogP contribution in [0.25, 0.3) is 0 Å². The van der Waals surface area contributed by atoms with Crippen LogP contribution in [0.5, 0.6) is 0 Å². The first-order valence-corrected chi connectivity index (χ1v) is 10.8. The van der Waals surface area contributed by atoms with Gasteiger partial charge in [-0.1, -0.05) is 30.3 Å². The number of thiazole rings is 1. The Morgan fingerprint density at radius 2 is 1.84 bits per heavy atom. The van der Waals surface area contributed by atoms with Gasteiger partial charge >= 0.3 is 0 Å². The van der Waals surface area contributed by atoms with E-state index in [2.05, 4.69) is 34.1 Å². The van der Waals surface area contributed by atoms with Gasteiger partial charge in [0.1, 0.15) is 0 Å². The van der Waals surface area contributed by atoms with Gasteiger partial charge in [0.2, 0.25) is 0 Å². The minimum absolute atomic E-state index is 0.0545. The van der Waals surface area contributed by atoms with Crippen molar-refractivity contribution >= 4 is 21.4 Å². The van der Waals surface area contributed by atoms with E-state index in [0.717, 1.165) is 37.5 Å². The van der Waals surface area contributed by atoms with Gasteiger partial charge in [-0.3, -0.25) is 4.90 Å². The Bertz CT molecular complexity index is 810. The first kappa shape index (κ1) is 18.5. The SMILES string of the molecule is Cc1nc(C)c(S(=O)(=O)N(C)C2CCN(Cc3ccccc3)CC2)s1. The van der Waals surface area contributed by atoms with E-state index in [0.29, 0.717) is 9.90 Å². The molecular formula is C18H25N3O2S2. The molecular weight excluding hydrogens is 354 g/mol. The summed E-state index contributed by atoms with van der Waals surface area (Å²) >= 11 is 1.26. The molecule has 0 N–H and O–H groups in total. The lowest BCUT2D eigenvalue weighted by Gasteiger charge is -2.36. The van der Waals surface area contributed by atoms with Crippen LogP contribution in [0.1, 0.15) is 29.1 Å². The Balaban J connectivity index is 1.63. The molecule has 3 rings (SSSR count). The fraction of sp³-hybridized carbons (Fsp3) is 0.500. The molecule has 0 aliphatic carbocycles. The van der Waals surface area contributed by atoms with Crippen molar-refractivity contribution in [2.24, 2.45) is 0 Å². The molecule has 0 atom stereocenters. The third-order valence-electron chi connectivity index (χ3n) is 4.79. The lowest BCUT2D eigenvalue weighted by Crippen LogP contribution is -2.45. The minimum atomic E-state index is -3.45. The molecule has 7 heteroatoms. The number of benzene rings is 1. The molecule has 1 aromatic heterocycles. The number of likely N-dealkylation sites (tertiary alicyclic amines) is 1. The normalized spacial score (nSPS) is 17.3. The molecule has 136 valence electrons. The maximum Gasteiger partial charge on any atom is 0.254 e. The molecule has 1 aliphatic rings. The summed E-state index contributed by atoms with van der Waals surface area (Å²) < 4.78 is 27.8. The van der Waals surface area contributed by atoms with Gasteiger partial charge in [0.05, 0.1) is 10.7 Å². The summed E-state index contributed by atoms with van der Waals surface area (Å²) in [6.07, 6.45) is 1.72. The highest BCUT2D eigenvalue weighted by Gasteiger charge is 2.33. The fourth-order valence-electron chi connectivity index (χ4n) is 3.36. The van der Waals surface area contributed by atoms with Crippen molar-refractivity contribution in [2.75, 3.05) is 20.1 Å². The average Bonchev–Trinajstić information content (AvgIpc) is 2.95. The Morgan fingerprint density at radius 3 is 2.40 bits per heavy atom. The number of aromatic nitrogens is 1. The number of nitrogens with zero attached hydrogens (tertiary/aromatic N) is 3. The fourth-order valence-corrected chi connectivity index (χ4v) is 6.43. The Labute approximate surface area is 154 Å². The van der Waals surface area contributed by atoms with Crippen LogP contribution in [0.4, 0.5) is 0 Å². The van der Waals surface area contributed by atoms with Crippen LogP contribution in [-0.2, 0) is 16.6 Å². The van der Waals surface area contributed by atoms with Gasteiger partial charge in [0, 0.05) is 32.7 Å². The summed E-state index contributed by atoms with van der Waals surface area (Å²) in [4.78, 5) is 6.67. The summed E-state index contributed by atoms with van der Waals surface area (Å²) in [5.41, 5.74) is 1.91. The standard InChI is InChI=1S/C18H25N3O2S2/c1-14-18(24-15(2)19-14)25(22,23)20(3)17-9-11-21(12-10-17)13-16-7-5-4-6-8-16/h4-8,17H,9-13H2,1-3H3. The zero-order valence-electron chi connectivity index (χ0n) is 15.0. The molecule has 2 heterocycles. The van der Waals surface area contributed by atoms with Crippen LogP contribution in [0, 0.1) is 13.8 Å². The van der Waals surface area contributed by atoms with Crippen molar-refractivity contribution in [3.8, 4) is 0 Å². The van der Waals surface area contributed by atoms with E-state index in [1.807, 2.05) is 13.0 Å². The molecule has 1 aliphatic heterocycles. The number of sulfonamides is 1. The highest BCUT2D eigenvalue weighted by Crippen LogP contribution is 2.29. The van der Waals surface area contributed by atoms with Crippen LogP contribution in [0.2, 0.25) is 0 Å². The molecule has 0 unspecified atom stereocenters. The van der Waals surface area contributed by atoms with Gasteiger partial charge in [-0.2, -0.15) is 4.31 Å². The molecule has 0 spiro atoms. The Morgan fingerprint density at radius 1 is 1.20 bits per heavy atom. The first-order chi connectivity index (χ1) is 11.9. The third-order valence-corrected chi connectivity index (χ3v) is 8.36. The zero-order valence-corrected chi connectivity index (χ0v) is 16.6. The highest BCUT2D eigenvalue weighted by molar-refractivity contribution is 7.91. The van der Waals surface area contributed by atoms with E-state index in [9.17, 15) is 8.42 Å². The van der Waals surface area contributed by atoms with E-state index in [1.54, 1.807) is 18.3 Å². The van der Waals surface area contributed by atoms with Gasteiger partial charge in [-0.25, -0.2) is 13.4 Å². The van der Waals surface area contributed by atoms with Crippen molar-refractivity contribution in [3.05, 3.63) is 46.6 Å². The number of piperidine rings is 1. The van der Waals surface area contributed by atoms with Gasteiger partial charge in [-0.15, -0.1) is 11.3 Å². The van der Waals surface area contributed by atoms with Crippen molar-refractivity contribution in [2.45, 2.75) is 43.5 Å². The Hall–Kier alpha value is -1.28. The topological polar surface area (TPSA) is 53.5 Å². The quantitative estimate of drug-likeness (QED) is 0.801. The first-order valence-electron chi connectivity index (χ1n) is 8.56. The van der Waals surface area contributed by atoms with Crippen LogP contribution in [0.15, 0.2) is 34.5 Å². The minimum Gasteiger partial charge on any atom is -0.299 e. The second-order valence-electron chi connectivity index (χ2n) is 6.62. The lowest BCUT2D eigenvalue weighted by molar-refractivity contribution is 0.164. The summed E-state index contributed by atoms with van der Waals surface area (Å²) in [6.45, 7) is 6.38. The predicted molar refractivity (Wildman–Crippen MR) is 101 cm³/mol. The predicted octanol–water partition coefficient (Wildman–Crippen LogP) is 3.05. The van der Waals surface area contributed by atoms with Crippen LogP contribution in [-0.4, -0.2) is 48.8 Å². The van der Waals surface area contributed by atoms with Crippen molar-refractivity contribution in [1.82, 2.24) is 14.2 Å². The molecule has 5 nitrogen and oxygen atoms in total. The van der Waals surface area contributed by atoms with E-state index >= 15 is 0 Å². The maximum atomic E-state index is 12.9. The van der Waals surface area contributed by atoms with E-state index in [-0.39, 0.29) is 6.04 Å². The molecule has 0 radical (unpaired) electrons. The molecule has 0 bridgehead atoms. The van der Waals surface area contributed by atoms with E-state index in [4.69, 9.17) is 0 Å². The molecule has 1 aromatic carbocycles. The van der Waals surface area contributed by atoms with Crippen LogP contribution < -0.4 is 0 Å². The molecule has 1 fully saturated rings. The van der Waals surface area contributed by atoms with Crippen LogP contribution >= 0.6 is 11.3 Å². The number of hydrogen-bond acceptors (Lipinski definition) is 5. The van der Waals surface area contributed by atoms with Gasteiger partial charge in [0.25, 0.3) is 10.0 Å². The third kappa shape index (κ3) is 4.11. The van der Waals surface area contributed by atoms with Crippen molar-refractivity contribution < 1.29 is 8.42 Å². The lowest BCUT2D eigenvalue weighted by atomic mass is 10.0. The largest absolute Gasteiger partial charge is 0.299 e. The van der Waals surface area contributed by atoms with Gasteiger partial charge in [0.15, 0.2) is 4.21 Å². The van der Waals surface area contributed by atoms with E-state index in [1.165, 1.54) is 16.9 Å². The van der Waals surface area contributed by atoms with Crippen molar-refractivity contribution in [1.29, 1.82) is 0 Å². The smallest absolute Gasteiger partial charge is 0.254 e. The van der Waals surface area contributed by atoms with Gasteiger partial charge < -0.3 is 0 Å². The monoisotopic (exact) mass is 379 g/mol. The maximum absolute atomic E-state index is 12.9.